The molecule has 3 rings (SSSR count). The van der Waals surface area contributed by atoms with Crippen LogP contribution in [-0.2, 0) is 24.9 Å². The van der Waals surface area contributed by atoms with Gasteiger partial charge in [-0.25, -0.2) is 13.9 Å². The number of aryl methyl sites for hydroxylation is 1. The molecule has 2 aromatic rings. The summed E-state index contributed by atoms with van der Waals surface area (Å²) < 4.78 is 23.4. The van der Waals surface area contributed by atoms with Crippen molar-refractivity contribution in [3.05, 3.63) is 64.5 Å². The number of likely N-dealkylation sites (tertiary alicyclic amines) is 1. The molecule has 2 unspecified atom stereocenters. The predicted octanol–water partition coefficient (Wildman–Crippen LogP) is 2.81. The van der Waals surface area contributed by atoms with Crippen LogP contribution in [0.1, 0.15) is 31.2 Å². The maximum absolute atomic E-state index is 14.7. The Balaban J connectivity index is 1.53. The normalized spacial score (nSPS) is 21.1. The van der Waals surface area contributed by atoms with Gasteiger partial charge in [-0.1, -0.05) is 36.9 Å². The Morgan fingerprint density at radius 3 is 2.64 bits per heavy atom. The molecule has 0 spiro atoms. The number of aromatic nitrogens is 3. The summed E-state index contributed by atoms with van der Waals surface area (Å²) in [5.74, 6) is 0.575. The van der Waals surface area contributed by atoms with Crippen molar-refractivity contribution in [1.29, 1.82) is 0 Å². The first-order chi connectivity index (χ1) is 13.3. The first-order valence-corrected chi connectivity index (χ1v) is 9.69. The third kappa shape index (κ3) is 4.70. The molecule has 6 nitrogen and oxygen atoms in total. The van der Waals surface area contributed by atoms with Crippen LogP contribution in [0.3, 0.4) is 0 Å². The van der Waals surface area contributed by atoms with Crippen molar-refractivity contribution in [2.45, 2.75) is 58.2 Å². The van der Waals surface area contributed by atoms with E-state index in [-0.39, 0.29) is 30.9 Å². The minimum absolute atomic E-state index is 0.0506. The lowest BCUT2D eigenvalue weighted by Crippen LogP contribution is -2.45. The Morgan fingerprint density at radius 1 is 1.32 bits per heavy atom. The highest BCUT2D eigenvalue weighted by Gasteiger charge is 2.30. The molecule has 0 amide bonds. The number of nitrogens with zero attached hydrogens (tertiary/aromatic N) is 4. The number of alkyl halides is 1. The first-order valence-electron chi connectivity index (χ1n) is 9.69. The van der Waals surface area contributed by atoms with E-state index in [0.29, 0.717) is 18.9 Å². The second kappa shape index (κ2) is 8.73. The third-order valence-electron chi connectivity index (χ3n) is 5.36. The highest BCUT2D eigenvalue weighted by atomic mass is 19.1. The average Bonchev–Trinajstić information content (AvgIpc) is 2.90. The SMILES string of the molecule is C=C1CC(OCc2ccccc2)CC(C)N1C[C@@H](F)Cn1nc(C)n(C)c1=O. The Kier molecular flexibility index (Phi) is 6.34. The van der Waals surface area contributed by atoms with Crippen molar-refractivity contribution in [2.24, 2.45) is 7.05 Å². The second-order valence-electron chi connectivity index (χ2n) is 7.59. The number of ether oxygens (including phenoxy) is 1. The van der Waals surface area contributed by atoms with Gasteiger partial charge in [0, 0.05) is 25.2 Å². The maximum atomic E-state index is 14.7. The summed E-state index contributed by atoms with van der Waals surface area (Å²) in [5, 5.41) is 4.11. The van der Waals surface area contributed by atoms with Crippen molar-refractivity contribution in [2.75, 3.05) is 6.54 Å². The van der Waals surface area contributed by atoms with E-state index >= 15 is 0 Å². The molecule has 0 N–H and O–H groups in total. The molecule has 7 heteroatoms. The Bertz CT molecular complexity index is 861. The highest BCUT2D eigenvalue weighted by Crippen LogP contribution is 2.28. The summed E-state index contributed by atoms with van der Waals surface area (Å²) in [5.41, 5.74) is 1.73. The molecule has 0 bridgehead atoms. The predicted molar refractivity (Wildman–Crippen MR) is 107 cm³/mol. The number of hydrogen-bond acceptors (Lipinski definition) is 4. The van der Waals surface area contributed by atoms with E-state index in [9.17, 15) is 9.18 Å². The number of benzene rings is 1. The van der Waals surface area contributed by atoms with Gasteiger partial charge in [-0.2, -0.15) is 5.10 Å². The standard InChI is InChI=1S/C21H29FN4O2/c1-15-10-20(28-14-18-8-6-5-7-9-18)11-16(2)25(15)12-19(22)13-26-21(27)24(4)17(3)23-26/h5-9,16,19-20H,1,10-14H2,2-4H3/t16?,19-,20?/m1/s1. The lowest BCUT2D eigenvalue weighted by Gasteiger charge is -2.41. The molecule has 1 saturated heterocycles. The van der Waals surface area contributed by atoms with Crippen LogP contribution in [0.5, 0.6) is 0 Å². The molecular weight excluding hydrogens is 359 g/mol. The zero-order valence-electron chi connectivity index (χ0n) is 16.8. The average molecular weight is 388 g/mol. The zero-order valence-corrected chi connectivity index (χ0v) is 16.8. The Hall–Kier alpha value is -2.41. The van der Waals surface area contributed by atoms with Crippen LogP contribution < -0.4 is 5.69 Å². The topological polar surface area (TPSA) is 52.3 Å². The molecule has 1 fully saturated rings. The van der Waals surface area contributed by atoms with Crippen molar-refractivity contribution in [1.82, 2.24) is 19.2 Å². The number of halogens is 1. The van der Waals surface area contributed by atoms with Crippen molar-refractivity contribution < 1.29 is 9.13 Å². The molecule has 3 atom stereocenters. The van der Waals surface area contributed by atoms with E-state index in [1.165, 1.54) is 9.25 Å². The van der Waals surface area contributed by atoms with Crippen LogP contribution in [0.15, 0.2) is 47.4 Å². The van der Waals surface area contributed by atoms with Gasteiger partial charge in [0.2, 0.25) is 0 Å². The van der Waals surface area contributed by atoms with Gasteiger partial charge in [-0.05, 0) is 25.8 Å². The number of hydrogen-bond donors (Lipinski definition) is 0. The van der Waals surface area contributed by atoms with Gasteiger partial charge in [0.15, 0.2) is 0 Å². The first kappa shape index (κ1) is 20.3. The minimum atomic E-state index is -1.20. The lowest BCUT2D eigenvalue weighted by molar-refractivity contribution is -0.00758. The molecule has 1 aromatic heterocycles. The van der Waals surface area contributed by atoms with E-state index in [1.54, 1.807) is 14.0 Å². The quantitative estimate of drug-likeness (QED) is 0.732. The van der Waals surface area contributed by atoms with E-state index in [2.05, 4.69) is 18.6 Å². The fourth-order valence-corrected chi connectivity index (χ4v) is 3.68. The summed E-state index contributed by atoms with van der Waals surface area (Å²) in [7, 11) is 1.64. The van der Waals surface area contributed by atoms with Crippen molar-refractivity contribution >= 4 is 0 Å². The fourth-order valence-electron chi connectivity index (χ4n) is 3.68. The summed E-state index contributed by atoms with van der Waals surface area (Å²) >= 11 is 0. The van der Waals surface area contributed by atoms with Gasteiger partial charge in [-0.3, -0.25) is 4.57 Å². The molecular formula is C21H29FN4O2. The van der Waals surface area contributed by atoms with Crippen LogP contribution in [0.2, 0.25) is 0 Å². The Morgan fingerprint density at radius 2 is 2.04 bits per heavy atom. The molecule has 2 heterocycles. The second-order valence-corrected chi connectivity index (χ2v) is 7.59. The van der Waals surface area contributed by atoms with Gasteiger partial charge >= 0.3 is 5.69 Å². The van der Waals surface area contributed by atoms with Crippen LogP contribution in [0.25, 0.3) is 0 Å². The summed E-state index contributed by atoms with van der Waals surface area (Å²) in [6, 6.07) is 10.2. The van der Waals surface area contributed by atoms with Gasteiger partial charge in [0.05, 0.1) is 25.8 Å². The maximum Gasteiger partial charge on any atom is 0.345 e. The monoisotopic (exact) mass is 388 g/mol. The third-order valence-corrected chi connectivity index (χ3v) is 5.36. The van der Waals surface area contributed by atoms with Crippen LogP contribution in [0.4, 0.5) is 4.39 Å². The van der Waals surface area contributed by atoms with E-state index in [1.807, 2.05) is 35.2 Å². The summed E-state index contributed by atoms with van der Waals surface area (Å²) in [6.45, 7) is 8.65. The Labute approximate surface area is 165 Å². The number of rotatable bonds is 7. The molecule has 152 valence electrons. The van der Waals surface area contributed by atoms with E-state index in [4.69, 9.17) is 4.74 Å². The van der Waals surface area contributed by atoms with Crippen LogP contribution >= 0.6 is 0 Å². The van der Waals surface area contributed by atoms with Gasteiger partial charge in [0.25, 0.3) is 0 Å². The molecule has 0 radical (unpaired) electrons. The summed E-state index contributed by atoms with van der Waals surface area (Å²) in [4.78, 5) is 14.0. The highest BCUT2D eigenvalue weighted by molar-refractivity contribution is 5.13. The molecule has 28 heavy (non-hydrogen) atoms. The summed E-state index contributed by atoms with van der Waals surface area (Å²) in [6.07, 6.45) is 0.388. The fraction of sp³-hybridized carbons (Fsp3) is 0.524. The van der Waals surface area contributed by atoms with Crippen LogP contribution in [0, 0.1) is 6.92 Å². The van der Waals surface area contributed by atoms with Crippen molar-refractivity contribution in [3.8, 4) is 0 Å². The van der Waals surface area contributed by atoms with E-state index in [0.717, 1.165) is 17.7 Å². The van der Waals surface area contributed by atoms with Gasteiger partial charge < -0.3 is 9.64 Å². The smallest absolute Gasteiger partial charge is 0.345 e. The van der Waals surface area contributed by atoms with Gasteiger partial charge in [0.1, 0.15) is 12.0 Å². The van der Waals surface area contributed by atoms with E-state index < -0.39 is 6.17 Å². The zero-order chi connectivity index (χ0) is 20.3. The largest absolute Gasteiger partial charge is 0.373 e. The molecule has 1 aliphatic heterocycles. The molecule has 1 aromatic carbocycles. The van der Waals surface area contributed by atoms with Crippen molar-refractivity contribution in [3.63, 3.8) is 0 Å². The minimum Gasteiger partial charge on any atom is -0.373 e. The molecule has 0 aliphatic carbocycles. The molecule has 1 aliphatic rings. The van der Waals surface area contributed by atoms with Gasteiger partial charge in [-0.15, -0.1) is 0 Å². The lowest BCUT2D eigenvalue weighted by atomic mass is 9.97. The molecule has 0 saturated carbocycles. The number of piperidine rings is 1. The van der Waals surface area contributed by atoms with Crippen LogP contribution in [-0.4, -0.2) is 44.1 Å².